The summed E-state index contributed by atoms with van der Waals surface area (Å²) < 4.78 is 37.8. The van der Waals surface area contributed by atoms with E-state index in [1.807, 2.05) is 0 Å². The molecule has 0 saturated carbocycles. The van der Waals surface area contributed by atoms with Gasteiger partial charge in [-0.05, 0) is 57.4 Å². The Balaban J connectivity index is 2.16. The van der Waals surface area contributed by atoms with E-state index >= 15 is 0 Å². The fourth-order valence-corrected chi connectivity index (χ4v) is 2.91. The zero-order valence-corrected chi connectivity index (χ0v) is 12.5. The van der Waals surface area contributed by atoms with Crippen molar-refractivity contribution in [3.63, 3.8) is 0 Å². The Hall–Kier alpha value is -1.07. The third-order valence-electron chi connectivity index (χ3n) is 4.33. The Morgan fingerprint density at radius 3 is 2.24 bits per heavy atom. The molecule has 21 heavy (non-hydrogen) atoms. The smallest absolute Gasteiger partial charge is 0.385 e. The van der Waals surface area contributed by atoms with Crippen LogP contribution in [0.5, 0.6) is 0 Å². The summed E-state index contributed by atoms with van der Waals surface area (Å²) in [4.78, 5) is 2.29. The number of nitrogens with zero attached hydrogens (tertiary/aromatic N) is 1. The van der Waals surface area contributed by atoms with Crippen LogP contribution in [0.4, 0.5) is 13.2 Å². The second-order valence-electron chi connectivity index (χ2n) is 6.09. The van der Waals surface area contributed by atoms with Crippen LogP contribution in [0.2, 0.25) is 0 Å². The number of hydrogen-bond acceptors (Lipinski definition) is 2. The van der Waals surface area contributed by atoms with Gasteiger partial charge >= 0.3 is 6.18 Å². The van der Waals surface area contributed by atoms with Gasteiger partial charge in [-0.2, -0.15) is 13.2 Å². The molecular weight excluding hydrogens is 279 g/mol. The third kappa shape index (κ3) is 3.77. The Morgan fingerprint density at radius 2 is 1.71 bits per heavy atom. The van der Waals surface area contributed by atoms with E-state index in [9.17, 15) is 18.3 Å². The van der Waals surface area contributed by atoms with Crippen molar-refractivity contribution in [3.05, 3.63) is 35.4 Å². The van der Waals surface area contributed by atoms with Crippen molar-refractivity contribution < 1.29 is 18.3 Å². The quantitative estimate of drug-likeness (QED) is 0.898. The summed E-state index contributed by atoms with van der Waals surface area (Å²) in [5.41, 5.74) is -1.11. The van der Waals surface area contributed by atoms with Gasteiger partial charge in [0.15, 0.2) is 0 Å². The molecule has 5 heteroatoms. The molecule has 1 unspecified atom stereocenters. The molecule has 0 aromatic heterocycles. The number of aliphatic hydroxyl groups is 1. The van der Waals surface area contributed by atoms with Gasteiger partial charge in [-0.25, -0.2) is 0 Å². The SMILES string of the molecule is CC(C)N1CCCC(O)(c2ccc(C(F)(F)F)cc2)CC1. The van der Waals surface area contributed by atoms with Crippen molar-refractivity contribution in [2.75, 3.05) is 13.1 Å². The standard InChI is InChI=1S/C16H22F3NO/c1-12(2)20-10-3-8-15(21,9-11-20)13-4-6-14(7-5-13)16(17,18)19/h4-7,12,21H,3,8-11H2,1-2H3. The molecule has 1 N–H and O–H groups in total. The van der Waals surface area contributed by atoms with Gasteiger partial charge in [0.25, 0.3) is 0 Å². The van der Waals surface area contributed by atoms with Crippen molar-refractivity contribution in [2.24, 2.45) is 0 Å². The van der Waals surface area contributed by atoms with Crippen LogP contribution in [0.3, 0.4) is 0 Å². The highest BCUT2D eigenvalue weighted by Gasteiger charge is 2.34. The Labute approximate surface area is 123 Å². The van der Waals surface area contributed by atoms with Crippen LogP contribution < -0.4 is 0 Å². The minimum atomic E-state index is -4.33. The van der Waals surface area contributed by atoms with E-state index in [0.29, 0.717) is 24.4 Å². The largest absolute Gasteiger partial charge is 0.416 e. The lowest BCUT2D eigenvalue weighted by Crippen LogP contribution is -2.33. The van der Waals surface area contributed by atoms with Crippen LogP contribution in [0.25, 0.3) is 0 Å². The minimum Gasteiger partial charge on any atom is -0.385 e. The maximum atomic E-state index is 12.6. The van der Waals surface area contributed by atoms with Gasteiger partial charge in [0, 0.05) is 12.6 Å². The second kappa shape index (κ2) is 5.97. The predicted octanol–water partition coefficient (Wildman–Crippen LogP) is 3.79. The Bertz CT molecular complexity index is 469. The van der Waals surface area contributed by atoms with E-state index in [4.69, 9.17) is 0 Å². The van der Waals surface area contributed by atoms with E-state index in [0.717, 1.165) is 31.6 Å². The molecule has 1 fully saturated rings. The average molecular weight is 301 g/mol. The van der Waals surface area contributed by atoms with E-state index in [1.54, 1.807) is 0 Å². The lowest BCUT2D eigenvalue weighted by atomic mass is 9.86. The summed E-state index contributed by atoms with van der Waals surface area (Å²) in [6.45, 7) is 5.90. The number of hydrogen-bond donors (Lipinski definition) is 1. The van der Waals surface area contributed by atoms with Gasteiger partial charge in [0.2, 0.25) is 0 Å². The molecule has 2 nitrogen and oxygen atoms in total. The highest BCUT2D eigenvalue weighted by atomic mass is 19.4. The summed E-state index contributed by atoms with van der Waals surface area (Å²) in [7, 11) is 0. The lowest BCUT2D eigenvalue weighted by molar-refractivity contribution is -0.137. The number of likely N-dealkylation sites (tertiary alicyclic amines) is 1. The minimum absolute atomic E-state index is 0.417. The van der Waals surface area contributed by atoms with Crippen LogP contribution >= 0.6 is 0 Å². The van der Waals surface area contributed by atoms with Crippen molar-refractivity contribution in [1.82, 2.24) is 4.90 Å². The molecular formula is C16H22F3NO. The third-order valence-corrected chi connectivity index (χ3v) is 4.33. The molecule has 0 bridgehead atoms. The molecule has 0 spiro atoms. The zero-order chi connectivity index (χ0) is 15.7. The molecule has 0 amide bonds. The highest BCUT2D eigenvalue weighted by Crippen LogP contribution is 2.35. The van der Waals surface area contributed by atoms with E-state index in [1.165, 1.54) is 12.1 Å². The molecule has 1 aliphatic heterocycles. The van der Waals surface area contributed by atoms with E-state index in [2.05, 4.69) is 18.7 Å². The first-order chi connectivity index (χ1) is 9.72. The highest BCUT2D eigenvalue weighted by molar-refractivity contribution is 5.29. The number of rotatable bonds is 2. The van der Waals surface area contributed by atoms with Crippen LogP contribution in [-0.2, 0) is 11.8 Å². The Kier molecular flexibility index (Phi) is 4.63. The van der Waals surface area contributed by atoms with Crippen molar-refractivity contribution >= 4 is 0 Å². The van der Waals surface area contributed by atoms with Gasteiger partial charge in [-0.15, -0.1) is 0 Å². The molecule has 1 heterocycles. The first-order valence-corrected chi connectivity index (χ1v) is 7.36. The zero-order valence-electron chi connectivity index (χ0n) is 12.5. The van der Waals surface area contributed by atoms with Gasteiger partial charge < -0.3 is 10.0 Å². The van der Waals surface area contributed by atoms with Gasteiger partial charge in [0.1, 0.15) is 0 Å². The fourth-order valence-electron chi connectivity index (χ4n) is 2.91. The topological polar surface area (TPSA) is 23.5 Å². The van der Waals surface area contributed by atoms with Gasteiger partial charge in [-0.3, -0.25) is 0 Å². The summed E-state index contributed by atoms with van der Waals surface area (Å²) in [6.07, 6.45) is -2.35. The number of halogens is 3. The molecule has 0 aliphatic carbocycles. The predicted molar refractivity (Wildman–Crippen MR) is 75.9 cm³/mol. The average Bonchev–Trinajstić information content (AvgIpc) is 2.61. The maximum absolute atomic E-state index is 12.6. The monoisotopic (exact) mass is 301 g/mol. The summed E-state index contributed by atoms with van der Waals surface area (Å²) in [5.74, 6) is 0. The molecule has 1 saturated heterocycles. The van der Waals surface area contributed by atoms with Crippen LogP contribution in [-0.4, -0.2) is 29.1 Å². The van der Waals surface area contributed by atoms with Crippen LogP contribution in [0.1, 0.15) is 44.2 Å². The number of alkyl halides is 3. The molecule has 2 rings (SSSR count). The van der Waals surface area contributed by atoms with E-state index < -0.39 is 17.3 Å². The molecule has 0 radical (unpaired) electrons. The first-order valence-electron chi connectivity index (χ1n) is 7.36. The molecule has 1 aliphatic rings. The van der Waals surface area contributed by atoms with Crippen LogP contribution in [0, 0.1) is 0 Å². The van der Waals surface area contributed by atoms with Crippen LogP contribution in [0.15, 0.2) is 24.3 Å². The molecule has 1 aromatic rings. The van der Waals surface area contributed by atoms with Crippen molar-refractivity contribution in [3.8, 4) is 0 Å². The summed E-state index contributed by atoms with van der Waals surface area (Å²) in [5, 5.41) is 10.8. The van der Waals surface area contributed by atoms with Crippen molar-refractivity contribution in [1.29, 1.82) is 0 Å². The normalized spacial score (nSPS) is 25.1. The van der Waals surface area contributed by atoms with E-state index in [-0.39, 0.29) is 0 Å². The second-order valence-corrected chi connectivity index (χ2v) is 6.09. The summed E-state index contributed by atoms with van der Waals surface area (Å²) in [6, 6.07) is 5.35. The fraction of sp³-hybridized carbons (Fsp3) is 0.625. The van der Waals surface area contributed by atoms with Gasteiger partial charge in [0.05, 0.1) is 11.2 Å². The molecule has 118 valence electrons. The molecule has 1 aromatic carbocycles. The van der Waals surface area contributed by atoms with Gasteiger partial charge in [-0.1, -0.05) is 12.1 Å². The van der Waals surface area contributed by atoms with Crippen molar-refractivity contribution in [2.45, 2.75) is 50.9 Å². The lowest BCUT2D eigenvalue weighted by Gasteiger charge is -2.28. The first kappa shape index (κ1) is 16.3. The maximum Gasteiger partial charge on any atom is 0.416 e. The number of benzene rings is 1. The summed E-state index contributed by atoms with van der Waals surface area (Å²) >= 11 is 0. The molecule has 1 atom stereocenters. The Morgan fingerprint density at radius 1 is 1.10 bits per heavy atom.